The highest BCUT2D eigenvalue weighted by Crippen LogP contribution is 2.30. The highest BCUT2D eigenvalue weighted by molar-refractivity contribution is 5.91. The fourth-order valence-electron chi connectivity index (χ4n) is 5.94. The molecule has 0 unspecified atom stereocenters. The molecule has 2 N–H and O–H groups in total. The van der Waals surface area contributed by atoms with Crippen molar-refractivity contribution in [1.29, 1.82) is 0 Å². The minimum Gasteiger partial charge on any atom is -0.383 e. The van der Waals surface area contributed by atoms with Gasteiger partial charge in [-0.15, -0.1) is 0 Å². The van der Waals surface area contributed by atoms with Crippen molar-refractivity contribution in [2.45, 2.75) is 50.2 Å². The van der Waals surface area contributed by atoms with E-state index in [2.05, 4.69) is 20.5 Å². The maximum atomic E-state index is 14.6. The minimum absolute atomic E-state index is 0.0479. The van der Waals surface area contributed by atoms with Crippen LogP contribution in [0, 0.1) is 11.6 Å². The van der Waals surface area contributed by atoms with Crippen LogP contribution in [0.2, 0.25) is 0 Å². The number of piperidine rings is 1. The fraction of sp³-hybridized carbons (Fsp3) is 0.536. The Hall–Kier alpha value is -3.31. The van der Waals surface area contributed by atoms with E-state index in [1.165, 1.54) is 0 Å². The fourth-order valence-corrected chi connectivity index (χ4v) is 5.94. The Kier molecular flexibility index (Phi) is 8.56. The number of halogens is 2. The number of hydrogen-bond donors (Lipinski definition) is 2. The average Bonchev–Trinajstić information content (AvgIpc) is 3.15. The number of carbonyl (C=O) groups is 2. The molecule has 39 heavy (non-hydrogen) atoms. The molecule has 2 aromatic rings. The van der Waals surface area contributed by atoms with Gasteiger partial charge in [0, 0.05) is 63.7 Å². The smallest absolute Gasteiger partial charge is 0.323 e. The summed E-state index contributed by atoms with van der Waals surface area (Å²) in [7, 11) is 1.63. The number of nitrogens with one attached hydrogen (secondary N) is 2. The Labute approximate surface area is 227 Å². The number of ether oxygens (including phenoxy) is 1. The van der Waals surface area contributed by atoms with Gasteiger partial charge in [0.05, 0.1) is 13.2 Å². The quantitative estimate of drug-likeness (QED) is 0.580. The Balaban J connectivity index is 1.17. The van der Waals surface area contributed by atoms with Crippen LogP contribution < -0.4 is 10.6 Å². The summed E-state index contributed by atoms with van der Waals surface area (Å²) in [4.78, 5) is 35.9. The van der Waals surface area contributed by atoms with Crippen molar-refractivity contribution in [3.05, 3.63) is 59.3 Å². The second-order valence-corrected chi connectivity index (χ2v) is 10.6. The normalized spacial score (nSPS) is 22.7. The van der Waals surface area contributed by atoms with E-state index >= 15 is 0 Å². The van der Waals surface area contributed by atoms with Crippen LogP contribution in [0.5, 0.6) is 0 Å². The summed E-state index contributed by atoms with van der Waals surface area (Å²) in [5.41, 5.74) is 1.37. The Bertz CT molecular complexity index is 1180. The number of anilines is 1. The lowest BCUT2D eigenvalue weighted by atomic mass is 9.93. The number of rotatable bonds is 6. The Morgan fingerprint density at radius 2 is 1.95 bits per heavy atom. The van der Waals surface area contributed by atoms with Crippen molar-refractivity contribution in [2.75, 3.05) is 51.8 Å². The largest absolute Gasteiger partial charge is 0.383 e. The molecule has 11 heteroatoms. The zero-order chi connectivity index (χ0) is 27.4. The number of pyridine rings is 1. The van der Waals surface area contributed by atoms with Gasteiger partial charge in [-0.1, -0.05) is 18.2 Å². The summed E-state index contributed by atoms with van der Waals surface area (Å²) in [5.74, 6) is -1.19. The van der Waals surface area contributed by atoms with Crippen molar-refractivity contribution < 1.29 is 23.1 Å². The van der Waals surface area contributed by atoms with Gasteiger partial charge in [0.1, 0.15) is 5.82 Å². The number of carbonyl (C=O) groups excluding carboxylic acids is 2. The van der Waals surface area contributed by atoms with E-state index in [0.717, 1.165) is 11.6 Å². The van der Waals surface area contributed by atoms with Crippen molar-refractivity contribution in [1.82, 2.24) is 25.0 Å². The van der Waals surface area contributed by atoms with Crippen LogP contribution in [0.1, 0.15) is 42.7 Å². The molecule has 2 atom stereocenters. The zero-order valence-corrected chi connectivity index (χ0v) is 22.2. The molecule has 3 aliphatic rings. The summed E-state index contributed by atoms with van der Waals surface area (Å²) >= 11 is 0. The first-order chi connectivity index (χ1) is 18.9. The van der Waals surface area contributed by atoms with E-state index in [1.807, 2.05) is 21.9 Å². The summed E-state index contributed by atoms with van der Waals surface area (Å²) in [6.45, 7) is 3.95. The maximum Gasteiger partial charge on any atom is 0.323 e. The lowest BCUT2D eigenvalue weighted by Gasteiger charge is -2.40. The predicted molar refractivity (Wildman–Crippen MR) is 142 cm³/mol. The molecular formula is C28H36F2N6O3. The molecule has 9 nitrogen and oxygen atoms in total. The first-order valence-electron chi connectivity index (χ1n) is 13.6. The third-order valence-corrected chi connectivity index (χ3v) is 8.09. The zero-order valence-electron chi connectivity index (χ0n) is 22.2. The number of fused-ring (bicyclic) bond motifs is 1. The standard InChI is InChI=1S/C28H36F2N6O3/c1-39-15-14-34-16-19(23-5-2-6-24(29)25(23)30)7-8-21(18-34)32-27(37)35-12-9-22(10-13-35)36-17-20-4-3-11-31-26(20)33-28(36)38/h2-6,11,19,21-22H,7-10,12-18H2,1H3,(H,32,37)(H,31,33,38)/t19-,21-/m1/s1. The van der Waals surface area contributed by atoms with E-state index in [-0.39, 0.29) is 30.1 Å². The Morgan fingerprint density at radius 1 is 1.13 bits per heavy atom. The van der Waals surface area contributed by atoms with Gasteiger partial charge in [0.25, 0.3) is 0 Å². The first kappa shape index (κ1) is 27.3. The van der Waals surface area contributed by atoms with E-state index in [9.17, 15) is 18.4 Å². The second-order valence-electron chi connectivity index (χ2n) is 10.6. The lowest BCUT2D eigenvalue weighted by Crippen LogP contribution is -2.54. The topological polar surface area (TPSA) is 90.0 Å². The van der Waals surface area contributed by atoms with Gasteiger partial charge in [0.2, 0.25) is 0 Å². The lowest BCUT2D eigenvalue weighted by molar-refractivity contribution is 0.123. The monoisotopic (exact) mass is 542 g/mol. The van der Waals surface area contributed by atoms with Crippen molar-refractivity contribution in [3.63, 3.8) is 0 Å². The molecule has 0 radical (unpaired) electrons. The molecule has 2 saturated heterocycles. The number of benzene rings is 1. The molecule has 4 heterocycles. The van der Waals surface area contributed by atoms with Crippen LogP contribution in [-0.2, 0) is 11.3 Å². The molecule has 3 aliphatic heterocycles. The van der Waals surface area contributed by atoms with Crippen LogP contribution in [-0.4, -0.2) is 90.3 Å². The molecule has 2 fully saturated rings. The van der Waals surface area contributed by atoms with Gasteiger partial charge in [-0.2, -0.15) is 0 Å². The molecule has 0 saturated carbocycles. The van der Waals surface area contributed by atoms with E-state index in [1.54, 1.807) is 25.4 Å². The molecule has 1 aromatic heterocycles. The van der Waals surface area contributed by atoms with Crippen LogP contribution in [0.4, 0.5) is 24.2 Å². The van der Waals surface area contributed by atoms with Gasteiger partial charge < -0.3 is 19.9 Å². The number of methoxy groups -OCH3 is 1. The molecule has 0 aliphatic carbocycles. The van der Waals surface area contributed by atoms with Gasteiger partial charge in [-0.05, 0) is 49.3 Å². The number of hydrogen-bond acceptors (Lipinski definition) is 5. The Morgan fingerprint density at radius 3 is 2.74 bits per heavy atom. The number of likely N-dealkylation sites (tertiary alicyclic amines) is 2. The van der Waals surface area contributed by atoms with Gasteiger partial charge in [-0.3, -0.25) is 10.2 Å². The number of amides is 4. The SMILES string of the molecule is COCCN1C[C@H](NC(=O)N2CCC(N3Cc4cccnc4NC3=O)CC2)CC[C@@H](c2cccc(F)c2F)C1. The molecule has 0 spiro atoms. The van der Waals surface area contributed by atoms with Gasteiger partial charge in [-0.25, -0.2) is 23.4 Å². The third kappa shape index (κ3) is 6.30. The van der Waals surface area contributed by atoms with Crippen molar-refractivity contribution in [3.8, 4) is 0 Å². The maximum absolute atomic E-state index is 14.6. The number of aromatic nitrogens is 1. The molecule has 0 bridgehead atoms. The summed E-state index contributed by atoms with van der Waals surface area (Å²) < 4.78 is 33.8. The summed E-state index contributed by atoms with van der Waals surface area (Å²) in [6, 6.07) is 7.81. The molecule has 4 amide bonds. The summed E-state index contributed by atoms with van der Waals surface area (Å²) in [5, 5.41) is 6.05. The third-order valence-electron chi connectivity index (χ3n) is 8.09. The average molecular weight is 543 g/mol. The first-order valence-corrected chi connectivity index (χ1v) is 13.6. The minimum atomic E-state index is -0.837. The van der Waals surface area contributed by atoms with Crippen LogP contribution in [0.3, 0.4) is 0 Å². The molecule has 210 valence electrons. The number of nitrogens with zero attached hydrogens (tertiary/aromatic N) is 4. The van der Waals surface area contributed by atoms with E-state index in [4.69, 9.17) is 4.74 Å². The highest BCUT2D eigenvalue weighted by atomic mass is 19.2. The molecular weight excluding hydrogens is 506 g/mol. The molecule has 5 rings (SSSR count). The van der Waals surface area contributed by atoms with Crippen LogP contribution in [0.25, 0.3) is 0 Å². The number of urea groups is 2. The van der Waals surface area contributed by atoms with E-state index < -0.39 is 11.6 Å². The van der Waals surface area contributed by atoms with Crippen molar-refractivity contribution in [2.24, 2.45) is 0 Å². The van der Waals surface area contributed by atoms with Crippen molar-refractivity contribution >= 4 is 17.9 Å². The van der Waals surface area contributed by atoms with Crippen LogP contribution in [0.15, 0.2) is 36.5 Å². The van der Waals surface area contributed by atoms with Gasteiger partial charge >= 0.3 is 12.1 Å². The highest BCUT2D eigenvalue weighted by Gasteiger charge is 2.34. The van der Waals surface area contributed by atoms with E-state index in [0.29, 0.717) is 82.9 Å². The second kappa shape index (κ2) is 12.3. The van der Waals surface area contributed by atoms with Crippen LogP contribution >= 0.6 is 0 Å². The summed E-state index contributed by atoms with van der Waals surface area (Å²) in [6.07, 6.45) is 4.35. The molecule has 1 aromatic carbocycles. The van der Waals surface area contributed by atoms with Gasteiger partial charge in [0.15, 0.2) is 11.6 Å². The predicted octanol–water partition coefficient (Wildman–Crippen LogP) is 3.78.